The fraction of sp³-hybridized carbons (Fsp3) is 0.111. The van der Waals surface area contributed by atoms with E-state index in [1.54, 1.807) is 0 Å². The summed E-state index contributed by atoms with van der Waals surface area (Å²) < 4.78 is 4.85. The number of methoxy groups -OCH3 is 1. The Balaban J connectivity index is 3.32. The fourth-order valence-corrected chi connectivity index (χ4v) is 1.10. The van der Waals surface area contributed by atoms with Crippen LogP contribution in [0.25, 0.3) is 10.4 Å². The molecule has 7 heteroatoms. The molecule has 1 N–H and O–H groups in total. The first-order valence-electron chi connectivity index (χ1n) is 4.11. The molecular formula is C9H7N3O4. The Labute approximate surface area is 89.9 Å². The number of hydrogen-bond donors (Lipinski definition) is 1. The molecule has 0 aliphatic carbocycles. The van der Waals surface area contributed by atoms with Crippen LogP contribution < -0.4 is 4.74 Å². The molecule has 0 fully saturated rings. The van der Waals surface area contributed by atoms with Crippen LogP contribution in [0.3, 0.4) is 0 Å². The van der Waals surface area contributed by atoms with Crippen LogP contribution in [-0.4, -0.2) is 24.1 Å². The molecule has 0 aromatic heterocycles. The van der Waals surface area contributed by atoms with Gasteiger partial charge in [0.2, 0.25) is 0 Å². The van der Waals surface area contributed by atoms with Crippen molar-refractivity contribution < 1.29 is 19.4 Å². The van der Waals surface area contributed by atoms with E-state index in [2.05, 4.69) is 10.0 Å². The Kier molecular flexibility index (Phi) is 3.47. The van der Waals surface area contributed by atoms with E-state index >= 15 is 0 Å². The van der Waals surface area contributed by atoms with Gasteiger partial charge in [0, 0.05) is 4.91 Å². The number of benzene rings is 1. The molecule has 0 atom stereocenters. The zero-order chi connectivity index (χ0) is 12.1. The number of carboxylic acids is 1. The van der Waals surface area contributed by atoms with Gasteiger partial charge >= 0.3 is 5.97 Å². The third-order valence-corrected chi connectivity index (χ3v) is 1.81. The Morgan fingerprint density at radius 1 is 1.50 bits per heavy atom. The summed E-state index contributed by atoms with van der Waals surface area (Å²) in [6, 6.07) is 3.70. The molecule has 1 aromatic rings. The van der Waals surface area contributed by atoms with Crippen molar-refractivity contribution in [1.29, 1.82) is 0 Å². The van der Waals surface area contributed by atoms with E-state index in [0.29, 0.717) is 0 Å². The van der Waals surface area contributed by atoms with Crippen molar-refractivity contribution in [3.8, 4) is 5.75 Å². The number of carbonyl (C=O) groups excluding carboxylic acids is 1. The van der Waals surface area contributed by atoms with Crippen molar-refractivity contribution in [3.63, 3.8) is 0 Å². The van der Waals surface area contributed by atoms with E-state index < -0.39 is 11.9 Å². The molecule has 0 bridgehead atoms. The monoisotopic (exact) mass is 221 g/mol. The summed E-state index contributed by atoms with van der Waals surface area (Å²) in [5, 5.41) is 11.6. The first-order chi connectivity index (χ1) is 7.60. The number of amides is 1. The predicted molar refractivity (Wildman–Crippen MR) is 53.4 cm³/mol. The average molecular weight is 221 g/mol. The van der Waals surface area contributed by atoms with Crippen LogP contribution in [0.5, 0.6) is 5.75 Å². The lowest BCUT2D eigenvalue weighted by molar-refractivity contribution is 0.0697. The topological polar surface area (TPSA) is 112 Å². The van der Waals surface area contributed by atoms with Gasteiger partial charge in [0.1, 0.15) is 5.75 Å². The van der Waals surface area contributed by atoms with Crippen LogP contribution in [-0.2, 0) is 0 Å². The third kappa shape index (κ3) is 2.28. The third-order valence-electron chi connectivity index (χ3n) is 1.81. The average Bonchev–Trinajstić information content (AvgIpc) is 2.28. The van der Waals surface area contributed by atoms with Crippen molar-refractivity contribution in [2.24, 2.45) is 5.11 Å². The Hall–Kier alpha value is -2.53. The summed E-state index contributed by atoms with van der Waals surface area (Å²) in [4.78, 5) is 24.3. The number of nitrogens with zero attached hydrogens (tertiary/aromatic N) is 3. The van der Waals surface area contributed by atoms with Crippen molar-refractivity contribution in [3.05, 3.63) is 39.8 Å². The van der Waals surface area contributed by atoms with Crippen LogP contribution in [0.1, 0.15) is 20.7 Å². The molecule has 0 unspecified atom stereocenters. The predicted octanol–water partition coefficient (Wildman–Crippen LogP) is 1.84. The second-order valence-corrected chi connectivity index (χ2v) is 2.71. The quantitative estimate of drug-likeness (QED) is 0.476. The highest BCUT2D eigenvalue weighted by Crippen LogP contribution is 2.20. The first-order valence-corrected chi connectivity index (χ1v) is 4.11. The molecule has 16 heavy (non-hydrogen) atoms. The van der Waals surface area contributed by atoms with Crippen LogP contribution in [0.15, 0.2) is 23.3 Å². The standard InChI is InChI=1S/C9H7N3O4/c1-16-7-3-2-5(9(14)15)4-6(7)8(13)11-12-10/h2-4H,1H3,(H,14,15). The van der Waals surface area contributed by atoms with Crippen molar-refractivity contribution >= 4 is 11.9 Å². The number of aromatic carboxylic acids is 1. The van der Waals surface area contributed by atoms with Gasteiger partial charge in [0.05, 0.1) is 18.2 Å². The summed E-state index contributed by atoms with van der Waals surface area (Å²) in [5.74, 6) is -1.91. The first kappa shape index (κ1) is 11.5. The molecule has 0 saturated heterocycles. The van der Waals surface area contributed by atoms with Gasteiger partial charge in [-0.25, -0.2) is 4.79 Å². The lowest BCUT2D eigenvalue weighted by atomic mass is 10.1. The molecule has 7 nitrogen and oxygen atoms in total. The van der Waals surface area contributed by atoms with Crippen LogP contribution in [0.4, 0.5) is 0 Å². The van der Waals surface area contributed by atoms with E-state index in [1.807, 2.05) is 0 Å². The Morgan fingerprint density at radius 2 is 2.19 bits per heavy atom. The molecule has 0 spiro atoms. The van der Waals surface area contributed by atoms with Gasteiger partial charge in [-0.15, -0.1) is 0 Å². The molecule has 82 valence electrons. The normalized spacial score (nSPS) is 9.06. The Morgan fingerprint density at radius 3 is 2.69 bits per heavy atom. The smallest absolute Gasteiger partial charge is 0.335 e. The van der Waals surface area contributed by atoms with Gasteiger partial charge in [-0.3, -0.25) is 4.79 Å². The minimum Gasteiger partial charge on any atom is -0.496 e. The second kappa shape index (κ2) is 4.81. The van der Waals surface area contributed by atoms with Gasteiger partial charge in [0.25, 0.3) is 5.91 Å². The maximum Gasteiger partial charge on any atom is 0.335 e. The molecule has 1 rings (SSSR count). The van der Waals surface area contributed by atoms with Crippen molar-refractivity contribution in [2.75, 3.05) is 7.11 Å². The number of rotatable bonds is 3. The van der Waals surface area contributed by atoms with Crippen LogP contribution in [0.2, 0.25) is 0 Å². The van der Waals surface area contributed by atoms with E-state index in [4.69, 9.17) is 15.4 Å². The lowest BCUT2D eigenvalue weighted by Gasteiger charge is -2.05. The fourth-order valence-electron chi connectivity index (χ4n) is 1.10. The van der Waals surface area contributed by atoms with Gasteiger partial charge in [0.15, 0.2) is 0 Å². The molecule has 0 heterocycles. The van der Waals surface area contributed by atoms with Crippen LogP contribution in [0, 0.1) is 0 Å². The number of carboxylic acid groups (broad SMARTS) is 1. The molecule has 0 aliphatic heterocycles. The summed E-state index contributed by atoms with van der Waals surface area (Å²) in [6.07, 6.45) is 0. The van der Waals surface area contributed by atoms with E-state index in [9.17, 15) is 9.59 Å². The molecular weight excluding hydrogens is 214 g/mol. The van der Waals surface area contributed by atoms with E-state index in [-0.39, 0.29) is 16.9 Å². The minimum absolute atomic E-state index is 0.0831. The number of carbonyl (C=O) groups is 2. The molecule has 1 amide bonds. The largest absolute Gasteiger partial charge is 0.496 e. The number of azide groups is 1. The molecule has 1 aromatic carbocycles. The van der Waals surface area contributed by atoms with Gasteiger partial charge in [-0.05, 0) is 28.8 Å². The van der Waals surface area contributed by atoms with Gasteiger partial charge in [-0.1, -0.05) is 0 Å². The Bertz CT molecular complexity index is 492. The highest BCUT2D eigenvalue weighted by Gasteiger charge is 2.14. The second-order valence-electron chi connectivity index (χ2n) is 2.71. The van der Waals surface area contributed by atoms with Crippen LogP contribution >= 0.6 is 0 Å². The molecule has 0 radical (unpaired) electrons. The summed E-state index contributed by atoms with van der Waals surface area (Å²) >= 11 is 0. The zero-order valence-corrected chi connectivity index (χ0v) is 8.25. The lowest BCUT2D eigenvalue weighted by Crippen LogP contribution is -2.03. The number of ether oxygens (including phenoxy) is 1. The SMILES string of the molecule is COc1ccc(C(=O)O)cc1C(=O)N=[N+]=[N-]. The highest BCUT2D eigenvalue weighted by molar-refractivity contribution is 6.00. The number of hydrogen-bond acceptors (Lipinski definition) is 3. The van der Waals surface area contributed by atoms with E-state index in [1.165, 1.54) is 19.2 Å². The maximum atomic E-state index is 11.3. The molecule has 0 aliphatic rings. The van der Waals surface area contributed by atoms with Crippen molar-refractivity contribution in [1.82, 2.24) is 0 Å². The molecule has 0 saturated carbocycles. The zero-order valence-electron chi connectivity index (χ0n) is 8.25. The van der Waals surface area contributed by atoms with Crippen molar-refractivity contribution in [2.45, 2.75) is 0 Å². The maximum absolute atomic E-state index is 11.3. The summed E-state index contributed by atoms with van der Waals surface area (Å²) in [7, 11) is 1.32. The van der Waals surface area contributed by atoms with Gasteiger partial charge in [-0.2, -0.15) is 0 Å². The summed E-state index contributed by atoms with van der Waals surface area (Å²) in [5.41, 5.74) is 7.95. The van der Waals surface area contributed by atoms with Gasteiger partial charge < -0.3 is 9.84 Å². The van der Waals surface area contributed by atoms with E-state index in [0.717, 1.165) is 6.07 Å². The summed E-state index contributed by atoms with van der Waals surface area (Å²) in [6.45, 7) is 0. The minimum atomic E-state index is -1.18. The highest BCUT2D eigenvalue weighted by atomic mass is 16.5.